The molecule has 0 aliphatic heterocycles. The number of halogens is 2. The molecule has 24 heavy (non-hydrogen) atoms. The lowest BCUT2D eigenvalue weighted by atomic mass is 10.1. The van der Waals surface area contributed by atoms with E-state index in [0.717, 1.165) is 0 Å². The van der Waals surface area contributed by atoms with Crippen molar-refractivity contribution in [1.82, 2.24) is 15.2 Å². The molecule has 0 aliphatic carbocycles. The van der Waals surface area contributed by atoms with Crippen molar-refractivity contribution in [3.05, 3.63) is 58.1 Å². The average Bonchev–Trinajstić information content (AvgIpc) is 2.92. The standard InChI is InChI=1S/C15H12Cl2N6O/c16-10-6-9(20-15-21-14(18)22-23-15)7-11(17)12(10)13(24)19-8-4-2-1-3-5-8/h1-7H,(H,19,24)(H4,18,20,21,22,23). The Kier molecular flexibility index (Phi) is 4.54. The molecule has 0 atom stereocenters. The maximum atomic E-state index is 12.4. The van der Waals surface area contributed by atoms with Crippen LogP contribution in [0.2, 0.25) is 10.0 Å². The van der Waals surface area contributed by atoms with Crippen molar-refractivity contribution in [2.75, 3.05) is 16.4 Å². The van der Waals surface area contributed by atoms with Gasteiger partial charge in [0.2, 0.25) is 11.9 Å². The molecule has 2 aromatic carbocycles. The van der Waals surface area contributed by atoms with Crippen LogP contribution in [0.4, 0.5) is 23.3 Å². The molecule has 3 rings (SSSR count). The van der Waals surface area contributed by atoms with Crippen molar-refractivity contribution in [2.45, 2.75) is 0 Å². The number of H-pyrrole nitrogens is 1. The Morgan fingerprint density at radius 2 is 1.75 bits per heavy atom. The molecule has 0 aliphatic rings. The maximum absolute atomic E-state index is 12.4. The Balaban J connectivity index is 1.83. The highest BCUT2D eigenvalue weighted by atomic mass is 35.5. The van der Waals surface area contributed by atoms with E-state index in [1.807, 2.05) is 18.2 Å². The number of aromatic amines is 1. The summed E-state index contributed by atoms with van der Waals surface area (Å²) in [5.74, 6) is 0.0413. The first-order valence-corrected chi connectivity index (χ1v) is 7.59. The number of nitrogens with zero attached hydrogens (tertiary/aromatic N) is 2. The SMILES string of the molecule is Nc1nc(Nc2cc(Cl)c(C(=O)Nc3ccccc3)c(Cl)c2)n[nH]1. The van der Waals surface area contributed by atoms with Crippen molar-refractivity contribution in [1.29, 1.82) is 0 Å². The van der Waals surface area contributed by atoms with E-state index in [1.165, 1.54) is 0 Å². The number of nitrogens with two attached hydrogens (primary N) is 1. The van der Waals surface area contributed by atoms with Crippen molar-refractivity contribution >= 4 is 52.4 Å². The van der Waals surface area contributed by atoms with Gasteiger partial charge in [-0.25, -0.2) is 5.10 Å². The largest absolute Gasteiger partial charge is 0.368 e. The molecule has 0 fully saturated rings. The molecule has 0 saturated carbocycles. The van der Waals surface area contributed by atoms with Crippen LogP contribution in [0.1, 0.15) is 10.4 Å². The highest BCUT2D eigenvalue weighted by Crippen LogP contribution is 2.30. The van der Waals surface area contributed by atoms with Gasteiger partial charge in [-0.05, 0) is 24.3 Å². The molecule has 0 bridgehead atoms. The van der Waals surface area contributed by atoms with E-state index in [1.54, 1.807) is 24.3 Å². The van der Waals surface area contributed by atoms with Crippen LogP contribution < -0.4 is 16.4 Å². The van der Waals surface area contributed by atoms with Crippen LogP contribution in [0, 0.1) is 0 Å². The van der Waals surface area contributed by atoms with E-state index in [2.05, 4.69) is 25.8 Å². The van der Waals surface area contributed by atoms with Gasteiger partial charge in [-0.1, -0.05) is 41.4 Å². The molecule has 0 unspecified atom stereocenters. The van der Waals surface area contributed by atoms with Crippen LogP contribution in [0.3, 0.4) is 0 Å². The topological polar surface area (TPSA) is 109 Å². The fourth-order valence-electron chi connectivity index (χ4n) is 2.04. The summed E-state index contributed by atoms with van der Waals surface area (Å²) in [4.78, 5) is 16.3. The van der Waals surface area contributed by atoms with Crippen molar-refractivity contribution < 1.29 is 4.79 Å². The van der Waals surface area contributed by atoms with E-state index in [0.29, 0.717) is 11.4 Å². The number of hydrogen-bond acceptors (Lipinski definition) is 5. The number of hydrogen-bond donors (Lipinski definition) is 4. The van der Waals surface area contributed by atoms with Gasteiger partial charge in [-0.3, -0.25) is 4.79 Å². The summed E-state index contributed by atoms with van der Waals surface area (Å²) in [5.41, 5.74) is 6.81. The van der Waals surface area contributed by atoms with Crippen LogP contribution in [0.25, 0.3) is 0 Å². The lowest BCUT2D eigenvalue weighted by Gasteiger charge is -2.11. The number of nitrogen functional groups attached to an aromatic ring is 1. The molecule has 9 heteroatoms. The second-order valence-electron chi connectivity index (χ2n) is 4.80. The smallest absolute Gasteiger partial charge is 0.258 e. The summed E-state index contributed by atoms with van der Waals surface area (Å²) in [5, 5.41) is 12.4. The second kappa shape index (κ2) is 6.77. The summed E-state index contributed by atoms with van der Waals surface area (Å²) in [7, 11) is 0. The van der Waals surface area contributed by atoms with Crippen LogP contribution in [0.15, 0.2) is 42.5 Å². The molecule has 7 nitrogen and oxygen atoms in total. The number of nitrogens with one attached hydrogen (secondary N) is 3. The number of anilines is 4. The van der Waals surface area contributed by atoms with Gasteiger partial charge in [0.05, 0.1) is 15.6 Å². The van der Waals surface area contributed by atoms with Gasteiger partial charge in [-0.15, -0.1) is 5.10 Å². The maximum Gasteiger partial charge on any atom is 0.258 e. The fraction of sp³-hybridized carbons (Fsp3) is 0. The van der Waals surface area contributed by atoms with Crippen LogP contribution in [0.5, 0.6) is 0 Å². The first kappa shape index (κ1) is 16.1. The molecule has 0 spiro atoms. The lowest BCUT2D eigenvalue weighted by molar-refractivity contribution is 0.102. The van der Waals surface area contributed by atoms with E-state index >= 15 is 0 Å². The van der Waals surface area contributed by atoms with Crippen molar-refractivity contribution in [3.8, 4) is 0 Å². The van der Waals surface area contributed by atoms with E-state index in [4.69, 9.17) is 28.9 Å². The second-order valence-corrected chi connectivity index (χ2v) is 5.62. The third kappa shape index (κ3) is 3.58. The minimum atomic E-state index is -0.398. The molecule has 0 saturated heterocycles. The first-order chi connectivity index (χ1) is 11.5. The first-order valence-electron chi connectivity index (χ1n) is 6.83. The third-order valence-electron chi connectivity index (χ3n) is 3.06. The lowest BCUT2D eigenvalue weighted by Crippen LogP contribution is -2.13. The van der Waals surface area contributed by atoms with Crippen molar-refractivity contribution in [2.24, 2.45) is 0 Å². The third-order valence-corrected chi connectivity index (χ3v) is 3.66. The Morgan fingerprint density at radius 3 is 2.33 bits per heavy atom. The molecule has 122 valence electrons. The summed E-state index contributed by atoms with van der Waals surface area (Å²) in [6, 6.07) is 12.1. The quantitative estimate of drug-likeness (QED) is 0.565. The van der Waals surface area contributed by atoms with Gasteiger partial charge in [0.25, 0.3) is 5.91 Å². The zero-order valence-corrected chi connectivity index (χ0v) is 13.7. The van der Waals surface area contributed by atoms with Gasteiger partial charge in [0, 0.05) is 11.4 Å². The fourth-order valence-corrected chi connectivity index (χ4v) is 2.70. The zero-order chi connectivity index (χ0) is 17.1. The minimum absolute atomic E-state index is 0.175. The molecular weight excluding hydrogens is 351 g/mol. The van der Waals surface area contributed by atoms with E-state index in [-0.39, 0.29) is 27.5 Å². The molecular formula is C15H12Cl2N6O. The number of amides is 1. The van der Waals surface area contributed by atoms with Crippen LogP contribution >= 0.6 is 23.2 Å². The predicted molar refractivity (Wildman–Crippen MR) is 94.9 cm³/mol. The molecule has 1 amide bonds. The zero-order valence-electron chi connectivity index (χ0n) is 12.2. The van der Waals surface area contributed by atoms with E-state index in [9.17, 15) is 4.79 Å². The summed E-state index contributed by atoms with van der Waals surface area (Å²) < 4.78 is 0. The van der Waals surface area contributed by atoms with Gasteiger partial charge in [-0.2, -0.15) is 4.98 Å². The summed E-state index contributed by atoms with van der Waals surface area (Å²) in [6.07, 6.45) is 0. The van der Waals surface area contributed by atoms with Gasteiger partial charge in [0.15, 0.2) is 0 Å². The molecule has 5 N–H and O–H groups in total. The number of rotatable bonds is 4. The number of aromatic nitrogens is 3. The number of benzene rings is 2. The number of carbonyl (C=O) groups is 1. The highest BCUT2D eigenvalue weighted by Gasteiger charge is 2.17. The highest BCUT2D eigenvalue weighted by molar-refractivity contribution is 6.40. The Bertz CT molecular complexity index is 858. The van der Waals surface area contributed by atoms with Gasteiger partial charge >= 0.3 is 0 Å². The molecule has 3 aromatic rings. The monoisotopic (exact) mass is 362 g/mol. The Morgan fingerprint density at radius 1 is 1.08 bits per heavy atom. The van der Waals surface area contributed by atoms with Gasteiger partial charge < -0.3 is 16.4 Å². The normalized spacial score (nSPS) is 10.4. The Labute approximate surface area is 147 Å². The summed E-state index contributed by atoms with van der Waals surface area (Å²) >= 11 is 12.4. The molecule has 1 aromatic heterocycles. The minimum Gasteiger partial charge on any atom is -0.368 e. The van der Waals surface area contributed by atoms with Crippen LogP contribution in [-0.2, 0) is 0 Å². The summed E-state index contributed by atoms with van der Waals surface area (Å²) in [6.45, 7) is 0. The van der Waals surface area contributed by atoms with E-state index < -0.39 is 5.91 Å². The van der Waals surface area contributed by atoms with Crippen LogP contribution in [-0.4, -0.2) is 21.1 Å². The van der Waals surface area contributed by atoms with Crippen molar-refractivity contribution in [3.63, 3.8) is 0 Å². The predicted octanol–water partition coefficient (Wildman–Crippen LogP) is 3.69. The molecule has 0 radical (unpaired) electrons. The Hall–Kier alpha value is -2.77. The molecule has 1 heterocycles. The number of carbonyl (C=O) groups excluding carboxylic acids is 1. The van der Waals surface area contributed by atoms with Gasteiger partial charge in [0.1, 0.15) is 0 Å². The number of para-hydroxylation sites is 1. The average molecular weight is 363 g/mol.